The number of nitrogens with zero attached hydrogens (tertiary/aromatic N) is 2. The van der Waals surface area contributed by atoms with E-state index < -0.39 is 0 Å². The molecule has 1 aliphatic rings. The fourth-order valence-corrected chi connectivity index (χ4v) is 4.54. The third kappa shape index (κ3) is 3.60. The molecule has 7 heteroatoms. The van der Waals surface area contributed by atoms with Gasteiger partial charge in [-0.2, -0.15) is 0 Å². The molecule has 0 atom stereocenters. The Bertz CT molecular complexity index is 1240. The van der Waals surface area contributed by atoms with Gasteiger partial charge in [-0.15, -0.1) is 22.9 Å². The van der Waals surface area contributed by atoms with Crippen molar-refractivity contribution in [3.05, 3.63) is 82.9 Å². The van der Waals surface area contributed by atoms with Crippen LogP contribution in [0, 0.1) is 0 Å². The molecule has 150 valence electrons. The Labute approximate surface area is 182 Å². The molecule has 30 heavy (non-hydrogen) atoms. The van der Waals surface area contributed by atoms with Gasteiger partial charge >= 0.3 is 0 Å². The number of nitrogens with one attached hydrogen (secondary N) is 1. The normalized spacial score (nSPS) is 13.0. The zero-order valence-electron chi connectivity index (χ0n) is 16.0. The van der Waals surface area contributed by atoms with Gasteiger partial charge < -0.3 is 9.64 Å². The van der Waals surface area contributed by atoms with Crippen LogP contribution in [0.4, 0.5) is 10.8 Å². The number of rotatable bonds is 4. The van der Waals surface area contributed by atoms with Crippen molar-refractivity contribution >= 4 is 50.4 Å². The molecule has 5 rings (SSSR count). The van der Waals surface area contributed by atoms with Crippen molar-refractivity contribution in [2.75, 3.05) is 16.9 Å². The molecule has 1 aromatic heterocycles. The molecule has 1 aliphatic heterocycles. The monoisotopic (exact) mass is 435 g/mol. The third-order valence-electron chi connectivity index (χ3n) is 5.11. The van der Waals surface area contributed by atoms with Crippen LogP contribution in [0.3, 0.4) is 0 Å². The van der Waals surface area contributed by atoms with Gasteiger partial charge in [-0.05, 0) is 35.0 Å². The Morgan fingerprint density at radius 2 is 2.07 bits per heavy atom. The molecule has 0 spiro atoms. The topological polar surface area (TPSA) is 54.5 Å². The fourth-order valence-electron chi connectivity index (χ4n) is 3.60. The number of amides is 1. The van der Waals surface area contributed by atoms with Gasteiger partial charge in [-0.25, -0.2) is 4.98 Å². The molecule has 0 radical (unpaired) electrons. The van der Waals surface area contributed by atoms with E-state index in [1.54, 1.807) is 6.07 Å². The predicted molar refractivity (Wildman–Crippen MR) is 122 cm³/mol. The highest BCUT2D eigenvalue weighted by Gasteiger charge is 2.20. The molecular formula is C23H18ClN3O2S. The number of thiazole rings is 1. The lowest BCUT2D eigenvalue weighted by Gasteiger charge is -2.31. The quantitative estimate of drug-likeness (QED) is 0.421. The van der Waals surface area contributed by atoms with E-state index in [0.717, 1.165) is 22.7 Å². The van der Waals surface area contributed by atoms with E-state index in [2.05, 4.69) is 33.4 Å². The van der Waals surface area contributed by atoms with E-state index in [4.69, 9.17) is 16.3 Å². The summed E-state index contributed by atoms with van der Waals surface area (Å²) in [5, 5.41) is 7.60. The van der Waals surface area contributed by atoms with Crippen LogP contribution in [0.1, 0.15) is 21.6 Å². The smallest absolute Gasteiger partial charge is 0.257 e. The molecule has 4 aromatic rings. The van der Waals surface area contributed by atoms with Gasteiger partial charge in [0.2, 0.25) is 0 Å². The number of benzene rings is 3. The number of aromatic nitrogens is 1. The van der Waals surface area contributed by atoms with E-state index in [-0.39, 0.29) is 5.91 Å². The Kier molecular flexibility index (Phi) is 5.02. The van der Waals surface area contributed by atoms with Crippen LogP contribution >= 0.6 is 22.9 Å². The Morgan fingerprint density at radius 3 is 2.93 bits per heavy atom. The molecule has 5 nitrogen and oxygen atoms in total. The van der Waals surface area contributed by atoms with Gasteiger partial charge in [0.1, 0.15) is 5.75 Å². The lowest BCUT2D eigenvalue weighted by Crippen LogP contribution is -2.32. The lowest BCUT2D eigenvalue weighted by molar-refractivity contribution is 0.102. The van der Waals surface area contributed by atoms with Crippen molar-refractivity contribution in [1.29, 1.82) is 0 Å². The van der Waals surface area contributed by atoms with Gasteiger partial charge in [0, 0.05) is 22.2 Å². The fraction of sp³-hybridized carbons (Fsp3) is 0.130. The van der Waals surface area contributed by atoms with Crippen LogP contribution in [-0.4, -0.2) is 17.6 Å². The van der Waals surface area contributed by atoms with Gasteiger partial charge in [0.15, 0.2) is 11.9 Å². The van der Waals surface area contributed by atoms with Crippen LogP contribution < -0.4 is 15.0 Å². The first kappa shape index (κ1) is 18.9. The minimum absolute atomic E-state index is 0.198. The zero-order chi connectivity index (χ0) is 20.5. The summed E-state index contributed by atoms with van der Waals surface area (Å²) < 4.78 is 6.01. The van der Waals surface area contributed by atoms with Gasteiger partial charge in [-0.3, -0.25) is 10.1 Å². The van der Waals surface area contributed by atoms with Crippen LogP contribution in [0.5, 0.6) is 5.75 Å². The summed E-state index contributed by atoms with van der Waals surface area (Å²) in [4.78, 5) is 19.1. The number of ether oxygens (including phenoxy) is 1. The summed E-state index contributed by atoms with van der Waals surface area (Å²) in [5.41, 5.74) is 3.41. The van der Waals surface area contributed by atoms with Gasteiger partial charge in [0.25, 0.3) is 5.91 Å². The first-order chi connectivity index (χ1) is 14.7. The average Bonchev–Trinajstić information content (AvgIpc) is 3.26. The van der Waals surface area contributed by atoms with Crippen molar-refractivity contribution in [2.45, 2.75) is 12.4 Å². The van der Waals surface area contributed by atoms with Crippen LogP contribution in [-0.2, 0) is 12.4 Å². The van der Waals surface area contributed by atoms with Crippen molar-refractivity contribution in [3.63, 3.8) is 0 Å². The molecule has 1 amide bonds. The highest BCUT2D eigenvalue weighted by Crippen LogP contribution is 2.34. The van der Waals surface area contributed by atoms with E-state index in [1.807, 2.05) is 41.8 Å². The molecule has 0 saturated carbocycles. The second kappa shape index (κ2) is 7.97. The molecule has 0 fully saturated rings. The predicted octanol–water partition coefficient (Wildman–Crippen LogP) is 5.64. The van der Waals surface area contributed by atoms with Crippen molar-refractivity contribution < 1.29 is 9.53 Å². The van der Waals surface area contributed by atoms with Crippen LogP contribution in [0.2, 0.25) is 0 Å². The molecule has 0 aliphatic carbocycles. The van der Waals surface area contributed by atoms with E-state index in [0.29, 0.717) is 29.9 Å². The second-order valence-electron chi connectivity index (χ2n) is 7.02. The third-order valence-corrected chi connectivity index (χ3v) is 6.19. The first-order valence-corrected chi connectivity index (χ1v) is 10.9. The lowest BCUT2D eigenvalue weighted by atomic mass is 10.0. The molecule has 1 N–H and O–H groups in total. The minimum atomic E-state index is -0.198. The van der Waals surface area contributed by atoms with Crippen molar-refractivity contribution in [1.82, 2.24) is 4.98 Å². The molecule has 0 unspecified atom stereocenters. The van der Waals surface area contributed by atoms with E-state index in [1.165, 1.54) is 22.1 Å². The number of anilines is 2. The Morgan fingerprint density at radius 1 is 1.17 bits per heavy atom. The summed E-state index contributed by atoms with van der Waals surface area (Å²) in [7, 11) is 0. The van der Waals surface area contributed by atoms with Crippen LogP contribution in [0.25, 0.3) is 10.8 Å². The summed E-state index contributed by atoms with van der Waals surface area (Å²) in [5.74, 6) is 1.04. The summed E-state index contributed by atoms with van der Waals surface area (Å²) in [6.07, 6.45) is 0. The SMILES string of the molecule is O=C(Nc1nc(CCl)cs1)c1cccc(N2COc3ccc4ccccc4c3C2)c1. The molecule has 2 heterocycles. The number of carbonyl (C=O) groups excluding carboxylic acids is 1. The second-order valence-corrected chi connectivity index (χ2v) is 8.14. The standard InChI is InChI=1S/C23H18ClN3O2S/c24-11-17-13-30-23(25-17)26-22(28)16-5-3-6-18(10-16)27-12-20-19-7-2-1-4-15(19)8-9-21(20)29-14-27/h1-10,13H,11-12,14H2,(H,25,26,28). The largest absolute Gasteiger partial charge is 0.473 e. The maximum Gasteiger partial charge on any atom is 0.257 e. The highest BCUT2D eigenvalue weighted by molar-refractivity contribution is 7.14. The van der Waals surface area contributed by atoms with Crippen molar-refractivity contribution in [3.8, 4) is 5.75 Å². The number of fused-ring (bicyclic) bond motifs is 3. The first-order valence-electron chi connectivity index (χ1n) is 9.51. The van der Waals surface area contributed by atoms with Gasteiger partial charge in [0.05, 0.1) is 18.1 Å². The van der Waals surface area contributed by atoms with Crippen molar-refractivity contribution in [2.24, 2.45) is 0 Å². The Hall–Kier alpha value is -3.09. The van der Waals surface area contributed by atoms with E-state index in [9.17, 15) is 4.79 Å². The summed E-state index contributed by atoms with van der Waals surface area (Å²) in [6, 6.07) is 20.0. The molecular weight excluding hydrogens is 418 g/mol. The number of hydrogen-bond acceptors (Lipinski definition) is 5. The molecule has 0 saturated heterocycles. The maximum atomic E-state index is 12.7. The minimum Gasteiger partial charge on any atom is -0.473 e. The van der Waals surface area contributed by atoms with Crippen LogP contribution in [0.15, 0.2) is 66.0 Å². The summed E-state index contributed by atoms with van der Waals surface area (Å²) >= 11 is 7.15. The number of hydrogen-bond donors (Lipinski definition) is 1. The number of carbonyl (C=O) groups is 1. The number of halogens is 1. The maximum absolute atomic E-state index is 12.7. The summed E-state index contributed by atoms with van der Waals surface area (Å²) in [6.45, 7) is 1.15. The van der Waals surface area contributed by atoms with Gasteiger partial charge in [-0.1, -0.05) is 36.4 Å². The van der Waals surface area contributed by atoms with E-state index >= 15 is 0 Å². The average molecular weight is 436 g/mol. The zero-order valence-corrected chi connectivity index (χ0v) is 17.5. The molecule has 3 aromatic carbocycles. The molecule has 0 bridgehead atoms. The Balaban J connectivity index is 1.39. The highest BCUT2D eigenvalue weighted by atomic mass is 35.5. The number of alkyl halides is 1.